The van der Waals surface area contributed by atoms with Crippen molar-refractivity contribution in [2.75, 3.05) is 5.32 Å². The Morgan fingerprint density at radius 2 is 0.938 bits per heavy atom. The molecule has 48 heavy (non-hydrogen) atoms. The Morgan fingerprint density at radius 1 is 0.458 bits per heavy atom. The van der Waals surface area contributed by atoms with Crippen LogP contribution in [0.3, 0.4) is 0 Å². The number of nitrogens with one attached hydrogen (secondary N) is 2. The van der Waals surface area contributed by atoms with Gasteiger partial charge in [-0.2, -0.15) is 0 Å². The molecule has 6 aromatic carbocycles. The van der Waals surface area contributed by atoms with Crippen LogP contribution in [0, 0.1) is 0 Å². The number of benzene rings is 6. The summed E-state index contributed by atoms with van der Waals surface area (Å²) in [5.41, 5.74) is 7.50. The van der Waals surface area contributed by atoms with E-state index in [1.165, 1.54) is 6.08 Å². The van der Waals surface area contributed by atoms with Crippen LogP contribution in [0.4, 0.5) is 5.69 Å². The van der Waals surface area contributed by atoms with Gasteiger partial charge >= 0.3 is 0 Å². The second-order valence-electron chi connectivity index (χ2n) is 11.1. The average Bonchev–Trinajstić information content (AvgIpc) is 3.15. The van der Waals surface area contributed by atoms with Crippen LogP contribution in [-0.2, 0) is 4.79 Å². The summed E-state index contributed by atoms with van der Waals surface area (Å²) < 4.78 is 0. The van der Waals surface area contributed by atoms with Gasteiger partial charge in [0.15, 0.2) is 5.78 Å². The normalized spacial score (nSPS) is 11.2. The van der Waals surface area contributed by atoms with Crippen molar-refractivity contribution in [3.05, 3.63) is 198 Å². The van der Waals surface area contributed by atoms with Crippen molar-refractivity contribution >= 4 is 35.4 Å². The standard InChI is InChI=1S/C43H32N2O3/c46-41(29-20-31-16-21-35(22-17-31)33-10-4-1-5-11-33)37-25-27-39(28-26-37)44-43(48)40(45-42(47)38-14-8-3-9-15-38)30-32-18-23-36(24-19-32)34-12-6-2-7-13-34/h1-30H,(H,44,48)(H,45,47)/b29-20+,40-30-. The van der Waals surface area contributed by atoms with Gasteiger partial charge in [0.1, 0.15) is 5.70 Å². The minimum Gasteiger partial charge on any atom is -0.321 e. The van der Waals surface area contributed by atoms with Crippen LogP contribution in [0.2, 0.25) is 0 Å². The minimum atomic E-state index is -0.496. The lowest BCUT2D eigenvalue weighted by atomic mass is 10.0. The van der Waals surface area contributed by atoms with E-state index in [9.17, 15) is 14.4 Å². The molecule has 0 heterocycles. The van der Waals surface area contributed by atoms with E-state index in [-0.39, 0.29) is 11.5 Å². The summed E-state index contributed by atoms with van der Waals surface area (Å²) in [7, 11) is 0. The Morgan fingerprint density at radius 3 is 1.48 bits per heavy atom. The number of ketones is 1. The molecule has 0 bridgehead atoms. The zero-order valence-electron chi connectivity index (χ0n) is 26.0. The molecule has 5 nitrogen and oxygen atoms in total. The highest BCUT2D eigenvalue weighted by Gasteiger charge is 2.15. The molecule has 6 rings (SSSR count). The van der Waals surface area contributed by atoms with Crippen molar-refractivity contribution in [3.8, 4) is 22.3 Å². The second-order valence-corrected chi connectivity index (χ2v) is 11.1. The average molecular weight is 625 g/mol. The van der Waals surface area contributed by atoms with E-state index in [1.807, 2.05) is 103 Å². The molecule has 6 aromatic rings. The monoisotopic (exact) mass is 624 g/mol. The summed E-state index contributed by atoms with van der Waals surface area (Å²) in [6.45, 7) is 0. The van der Waals surface area contributed by atoms with Gasteiger partial charge in [-0.25, -0.2) is 0 Å². The molecule has 0 unspecified atom stereocenters. The summed E-state index contributed by atoms with van der Waals surface area (Å²) >= 11 is 0. The summed E-state index contributed by atoms with van der Waals surface area (Å²) in [5.74, 6) is -1.06. The van der Waals surface area contributed by atoms with Gasteiger partial charge in [0.25, 0.3) is 11.8 Å². The molecule has 0 fully saturated rings. The van der Waals surface area contributed by atoms with E-state index >= 15 is 0 Å². The van der Waals surface area contributed by atoms with Gasteiger partial charge in [0.05, 0.1) is 0 Å². The molecule has 5 heteroatoms. The second kappa shape index (κ2) is 15.1. The van der Waals surface area contributed by atoms with Gasteiger partial charge in [0.2, 0.25) is 0 Å². The minimum absolute atomic E-state index is 0.0812. The maximum absolute atomic E-state index is 13.5. The third-order valence-electron chi connectivity index (χ3n) is 7.73. The highest BCUT2D eigenvalue weighted by molar-refractivity contribution is 6.11. The molecule has 0 spiro atoms. The number of carbonyl (C=O) groups is 3. The molecule has 232 valence electrons. The van der Waals surface area contributed by atoms with E-state index < -0.39 is 11.8 Å². The Hall–Kier alpha value is -6.59. The molecule has 0 aliphatic carbocycles. The van der Waals surface area contributed by atoms with Gasteiger partial charge in [-0.1, -0.05) is 133 Å². The molecular formula is C43H32N2O3. The number of rotatable bonds is 10. The first kappa shape index (κ1) is 31.4. The highest BCUT2D eigenvalue weighted by Crippen LogP contribution is 2.22. The third-order valence-corrected chi connectivity index (χ3v) is 7.73. The fourth-order valence-electron chi connectivity index (χ4n) is 5.11. The predicted octanol–water partition coefficient (Wildman–Crippen LogP) is 9.33. The van der Waals surface area contributed by atoms with Crippen LogP contribution in [0.5, 0.6) is 0 Å². The van der Waals surface area contributed by atoms with Crippen LogP contribution >= 0.6 is 0 Å². The van der Waals surface area contributed by atoms with E-state index in [2.05, 4.69) is 22.8 Å². The molecule has 0 radical (unpaired) electrons. The quantitative estimate of drug-likeness (QED) is 0.118. The van der Waals surface area contributed by atoms with Crippen LogP contribution in [-0.4, -0.2) is 17.6 Å². The fourth-order valence-corrected chi connectivity index (χ4v) is 5.11. The first-order chi connectivity index (χ1) is 23.5. The maximum atomic E-state index is 13.5. The van der Waals surface area contributed by atoms with E-state index in [4.69, 9.17) is 0 Å². The fraction of sp³-hybridized carbons (Fsp3) is 0. The predicted molar refractivity (Wildman–Crippen MR) is 194 cm³/mol. The van der Waals surface area contributed by atoms with Crippen LogP contribution in [0.15, 0.2) is 176 Å². The number of allylic oxidation sites excluding steroid dienone is 1. The molecule has 0 aliphatic rings. The number of carbonyl (C=O) groups excluding carboxylic acids is 3. The molecule has 0 aromatic heterocycles. The molecule has 0 saturated heterocycles. The number of amides is 2. The molecule has 0 saturated carbocycles. The Kier molecular flexibility index (Phi) is 9.89. The zero-order chi connectivity index (χ0) is 33.1. The zero-order valence-corrected chi connectivity index (χ0v) is 26.0. The molecule has 0 aliphatic heterocycles. The molecule has 2 N–H and O–H groups in total. The Balaban J connectivity index is 1.14. The number of hydrogen-bond donors (Lipinski definition) is 2. The van der Waals surface area contributed by atoms with Gasteiger partial charge < -0.3 is 10.6 Å². The first-order valence-electron chi connectivity index (χ1n) is 15.5. The largest absolute Gasteiger partial charge is 0.321 e. The van der Waals surface area contributed by atoms with Crippen molar-refractivity contribution in [1.82, 2.24) is 5.32 Å². The molecule has 0 atom stereocenters. The topological polar surface area (TPSA) is 75.3 Å². The lowest BCUT2D eigenvalue weighted by Gasteiger charge is -2.12. The van der Waals surface area contributed by atoms with E-state index in [0.717, 1.165) is 33.4 Å². The highest BCUT2D eigenvalue weighted by atomic mass is 16.2. The summed E-state index contributed by atoms with van der Waals surface area (Å²) in [5, 5.41) is 5.62. The Bertz CT molecular complexity index is 2070. The van der Waals surface area contributed by atoms with Crippen molar-refractivity contribution in [3.63, 3.8) is 0 Å². The Labute approximate surface area is 279 Å². The van der Waals surface area contributed by atoms with E-state index in [0.29, 0.717) is 16.8 Å². The lowest BCUT2D eigenvalue weighted by Crippen LogP contribution is -2.30. The van der Waals surface area contributed by atoms with Crippen molar-refractivity contribution < 1.29 is 14.4 Å². The maximum Gasteiger partial charge on any atom is 0.272 e. The summed E-state index contributed by atoms with van der Waals surface area (Å²) in [6.07, 6.45) is 4.96. The van der Waals surface area contributed by atoms with Gasteiger partial charge in [0, 0.05) is 16.8 Å². The van der Waals surface area contributed by atoms with Crippen molar-refractivity contribution in [2.45, 2.75) is 0 Å². The van der Waals surface area contributed by atoms with Crippen molar-refractivity contribution in [1.29, 1.82) is 0 Å². The lowest BCUT2D eigenvalue weighted by molar-refractivity contribution is -0.113. The molecule has 2 amide bonds. The van der Waals surface area contributed by atoms with Crippen LogP contribution in [0.25, 0.3) is 34.4 Å². The van der Waals surface area contributed by atoms with Crippen LogP contribution in [0.1, 0.15) is 31.8 Å². The summed E-state index contributed by atoms with van der Waals surface area (Å²) in [4.78, 5) is 39.4. The third kappa shape index (κ3) is 8.16. The first-order valence-corrected chi connectivity index (χ1v) is 15.5. The van der Waals surface area contributed by atoms with Crippen molar-refractivity contribution in [2.24, 2.45) is 0 Å². The SMILES string of the molecule is O=C(Nc1ccc(C(=O)/C=C/c2ccc(-c3ccccc3)cc2)cc1)/C(=C/c1ccc(-c2ccccc2)cc1)NC(=O)c1ccccc1. The number of hydrogen-bond acceptors (Lipinski definition) is 3. The van der Waals surface area contributed by atoms with Crippen LogP contribution < -0.4 is 10.6 Å². The smallest absolute Gasteiger partial charge is 0.272 e. The van der Waals surface area contributed by atoms with Gasteiger partial charge in [-0.15, -0.1) is 0 Å². The summed E-state index contributed by atoms with van der Waals surface area (Å²) in [6, 6.07) is 51.2. The van der Waals surface area contributed by atoms with Gasteiger partial charge in [-0.3, -0.25) is 14.4 Å². The van der Waals surface area contributed by atoms with E-state index in [1.54, 1.807) is 60.7 Å². The number of anilines is 1. The van der Waals surface area contributed by atoms with Gasteiger partial charge in [-0.05, 0) is 81.9 Å². The molecular weight excluding hydrogens is 592 g/mol.